The van der Waals surface area contributed by atoms with Gasteiger partial charge in [0, 0.05) is 17.1 Å². The number of hydrogen-bond donors (Lipinski definition) is 2. The third-order valence-corrected chi connectivity index (χ3v) is 4.22. The van der Waals surface area contributed by atoms with E-state index in [1.54, 1.807) is 19.2 Å². The fraction of sp³-hybridized carbons (Fsp3) is 0.455. The first kappa shape index (κ1) is 14.6. The summed E-state index contributed by atoms with van der Waals surface area (Å²) in [6.07, 6.45) is 0. The molecule has 0 spiro atoms. The van der Waals surface area contributed by atoms with Gasteiger partial charge in [0.15, 0.2) is 0 Å². The topological polar surface area (TPSA) is 58.2 Å². The molecule has 0 saturated heterocycles. The number of sulfonamides is 1. The maximum atomic E-state index is 11.8. The molecule has 1 unspecified atom stereocenters. The maximum Gasteiger partial charge on any atom is 0.215 e. The van der Waals surface area contributed by atoms with Crippen molar-refractivity contribution >= 4 is 26.0 Å². The van der Waals surface area contributed by atoms with Crippen LogP contribution in [0.2, 0.25) is 0 Å². The number of benzene rings is 1. The van der Waals surface area contributed by atoms with Gasteiger partial charge in [-0.1, -0.05) is 28.1 Å². The number of likely N-dealkylation sites (N-methyl/N-ethyl adjacent to an activating group) is 1. The predicted molar refractivity (Wildman–Crippen MR) is 73.3 cm³/mol. The highest BCUT2D eigenvalue weighted by Crippen LogP contribution is 2.12. The van der Waals surface area contributed by atoms with Crippen LogP contribution < -0.4 is 10.0 Å². The molecule has 1 aromatic carbocycles. The van der Waals surface area contributed by atoms with Gasteiger partial charge in [-0.3, -0.25) is 0 Å². The van der Waals surface area contributed by atoms with Gasteiger partial charge in [0.2, 0.25) is 10.0 Å². The number of rotatable bonds is 6. The molecule has 0 aliphatic heterocycles. The Balaban J connectivity index is 2.57. The zero-order valence-electron chi connectivity index (χ0n) is 9.90. The van der Waals surface area contributed by atoms with E-state index in [4.69, 9.17) is 0 Å². The quantitative estimate of drug-likeness (QED) is 0.834. The molecular formula is C11H17BrN2O2S. The second kappa shape index (κ2) is 6.49. The molecule has 4 nitrogen and oxygen atoms in total. The van der Waals surface area contributed by atoms with Crippen LogP contribution in [0.25, 0.3) is 0 Å². The Morgan fingerprint density at radius 1 is 1.29 bits per heavy atom. The molecule has 17 heavy (non-hydrogen) atoms. The van der Waals surface area contributed by atoms with Crippen LogP contribution in [0.1, 0.15) is 12.5 Å². The fourth-order valence-electron chi connectivity index (χ4n) is 1.21. The van der Waals surface area contributed by atoms with Crippen molar-refractivity contribution in [3.63, 3.8) is 0 Å². The summed E-state index contributed by atoms with van der Waals surface area (Å²) in [5.41, 5.74) is 0.776. The monoisotopic (exact) mass is 320 g/mol. The Hall–Kier alpha value is -0.430. The SMILES string of the molecule is CNC(C)CNS(=O)(=O)Cc1ccc(Br)cc1. The van der Waals surface area contributed by atoms with Crippen molar-refractivity contribution in [2.24, 2.45) is 0 Å². The molecule has 0 bridgehead atoms. The van der Waals surface area contributed by atoms with E-state index in [0.717, 1.165) is 10.0 Å². The standard InChI is InChI=1S/C11H17BrN2O2S/c1-9(13-2)7-14-17(15,16)8-10-3-5-11(12)6-4-10/h3-6,9,13-14H,7-8H2,1-2H3. The first-order valence-corrected chi connectivity index (χ1v) is 7.76. The van der Waals surface area contributed by atoms with Crippen LogP contribution in [0.15, 0.2) is 28.7 Å². The highest BCUT2D eigenvalue weighted by atomic mass is 79.9. The zero-order valence-corrected chi connectivity index (χ0v) is 12.3. The number of halogens is 1. The summed E-state index contributed by atoms with van der Waals surface area (Å²) in [6.45, 7) is 2.32. The third kappa shape index (κ3) is 5.63. The Morgan fingerprint density at radius 3 is 2.41 bits per heavy atom. The zero-order chi connectivity index (χ0) is 12.9. The van der Waals surface area contributed by atoms with Crippen LogP contribution in [-0.4, -0.2) is 28.1 Å². The van der Waals surface area contributed by atoms with Gasteiger partial charge >= 0.3 is 0 Å². The van der Waals surface area contributed by atoms with Crippen molar-refractivity contribution < 1.29 is 8.42 Å². The van der Waals surface area contributed by atoms with E-state index in [-0.39, 0.29) is 11.8 Å². The highest BCUT2D eigenvalue weighted by molar-refractivity contribution is 9.10. The lowest BCUT2D eigenvalue weighted by molar-refractivity contribution is 0.553. The molecule has 1 rings (SSSR count). The molecule has 0 radical (unpaired) electrons. The first-order valence-electron chi connectivity index (χ1n) is 5.32. The summed E-state index contributed by atoms with van der Waals surface area (Å²) in [5, 5.41) is 2.98. The predicted octanol–water partition coefficient (Wildman–Crippen LogP) is 1.48. The largest absolute Gasteiger partial charge is 0.316 e. The van der Waals surface area contributed by atoms with Crippen LogP contribution >= 0.6 is 15.9 Å². The Kier molecular flexibility index (Phi) is 5.58. The molecule has 0 heterocycles. The van der Waals surface area contributed by atoms with Gasteiger partial charge in [0.1, 0.15) is 0 Å². The van der Waals surface area contributed by atoms with Crippen molar-refractivity contribution in [3.8, 4) is 0 Å². The number of hydrogen-bond acceptors (Lipinski definition) is 3. The summed E-state index contributed by atoms with van der Waals surface area (Å²) < 4.78 is 27.0. The molecule has 96 valence electrons. The van der Waals surface area contributed by atoms with Gasteiger partial charge in [-0.05, 0) is 31.7 Å². The highest BCUT2D eigenvalue weighted by Gasteiger charge is 2.12. The summed E-state index contributed by atoms with van der Waals surface area (Å²) in [4.78, 5) is 0. The molecule has 0 aromatic heterocycles. The normalized spacial score (nSPS) is 13.6. The van der Waals surface area contributed by atoms with E-state index >= 15 is 0 Å². The van der Waals surface area contributed by atoms with E-state index in [1.807, 2.05) is 19.1 Å². The van der Waals surface area contributed by atoms with E-state index in [0.29, 0.717) is 6.54 Å². The molecule has 0 aliphatic carbocycles. The fourth-order valence-corrected chi connectivity index (χ4v) is 2.71. The lowest BCUT2D eigenvalue weighted by Crippen LogP contribution is -2.37. The second-order valence-corrected chi connectivity index (χ2v) is 6.65. The van der Waals surface area contributed by atoms with Gasteiger partial charge in [-0.25, -0.2) is 13.1 Å². The lowest BCUT2D eigenvalue weighted by Gasteiger charge is -2.11. The molecule has 0 aliphatic rings. The Morgan fingerprint density at radius 2 is 1.88 bits per heavy atom. The van der Waals surface area contributed by atoms with E-state index in [1.165, 1.54) is 0 Å². The molecule has 0 fully saturated rings. The summed E-state index contributed by atoms with van der Waals surface area (Å²) >= 11 is 3.31. The van der Waals surface area contributed by atoms with Gasteiger partial charge in [0.25, 0.3) is 0 Å². The van der Waals surface area contributed by atoms with Crippen molar-refractivity contribution in [1.29, 1.82) is 0 Å². The summed E-state index contributed by atoms with van der Waals surface area (Å²) in [6, 6.07) is 7.38. The van der Waals surface area contributed by atoms with Gasteiger partial charge in [0.05, 0.1) is 5.75 Å². The smallest absolute Gasteiger partial charge is 0.215 e. The van der Waals surface area contributed by atoms with Crippen LogP contribution in [0.5, 0.6) is 0 Å². The van der Waals surface area contributed by atoms with Crippen LogP contribution in [-0.2, 0) is 15.8 Å². The van der Waals surface area contributed by atoms with E-state index in [9.17, 15) is 8.42 Å². The van der Waals surface area contributed by atoms with Gasteiger partial charge in [-0.15, -0.1) is 0 Å². The van der Waals surface area contributed by atoms with Crippen molar-refractivity contribution in [2.75, 3.05) is 13.6 Å². The molecule has 0 amide bonds. The average molecular weight is 321 g/mol. The third-order valence-electron chi connectivity index (χ3n) is 2.37. The summed E-state index contributed by atoms with van der Waals surface area (Å²) in [7, 11) is -1.46. The van der Waals surface area contributed by atoms with E-state index < -0.39 is 10.0 Å². The van der Waals surface area contributed by atoms with Crippen LogP contribution in [0.3, 0.4) is 0 Å². The molecule has 1 aromatic rings. The van der Waals surface area contributed by atoms with Gasteiger partial charge < -0.3 is 5.32 Å². The van der Waals surface area contributed by atoms with Gasteiger partial charge in [-0.2, -0.15) is 0 Å². The molecule has 2 N–H and O–H groups in total. The van der Waals surface area contributed by atoms with Crippen molar-refractivity contribution in [3.05, 3.63) is 34.3 Å². The first-order chi connectivity index (χ1) is 7.93. The molecular weight excluding hydrogens is 304 g/mol. The number of nitrogens with one attached hydrogen (secondary N) is 2. The van der Waals surface area contributed by atoms with Crippen LogP contribution in [0.4, 0.5) is 0 Å². The minimum atomic E-state index is -3.26. The maximum absolute atomic E-state index is 11.8. The molecule has 1 atom stereocenters. The molecule has 6 heteroatoms. The lowest BCUT2D eigenvalue weighted by atomic mass is 10.2. The minimum Gasteiger partial charge on any atom is -0.316 e. The second-order valence-electron chi connectivity index (χ2n) is 3.92. The van der Waals surface area contributed by atoms with Crippen molar-refractivity contribution in [2.45, 2.75) is 18.7 Å². The minimum absolute atomic E-state index is 0.0106. The summed E-state index contributed by atoms with van der Waals surface area (Å²) in [5.74, 6) is 0.0106. The average Bonchev–Trinajstić information content (AvgIpc) is 2.29. The van der Waals surface area contributed by atoms with Crippen LogP contribution in [0, 0.1) is 0 Å². The Labute approximate surface area is 111 Å². The van der Waals surface area contributed by atoms with E-state index in [2.05, 4.69) is 26.0 Å². The Bertz CT molecular complexity index is 445. The van der Waals surface area contributed by atoms with Crippen molar-refractivity contribution in [1.82, 2.24) is 10.0 Å². The molecule has 0 saturated carbocycles.